The summed E-state index contributed by atoms with van der Waals surface area (Å²) >= 11 is 1.50. The molecule has 0 aliphatic rings. The molecule has 0 radical (unpaired) electrons. The third kappa shape index (κ3) is 12.7. The van der Waals surface area contributed by atoms with Crippen LogP contribution in [0.15, 0.2) is 48.5 Å². The summed E-state index contributed by atoms with van der Waals surface area (Å²) in [5, 5.41) is 15.7. The zero-order chi connectivity index (χ0) is 34.7. The molecule has 0 saturated carbocycles. The molecule has 2 rings (SSSR count). The summed E-state index contributed by atoms with van der Waals surface area (Å²) in [4.78, 5) is 56.1. The van der Waals surface area contributed by atoms with Gasteiger partial charge >= 0.3 is 12.1 Å². The van der Waals surface area contributed by atoms with E-state index >= 15 is 0 Å². The van der Waals surface area contributed by atoms with Gasteiger partial charge in [0.05, 0.1) is 6.61 Å². The van der Waals surface area contributed by atoms with Gasteiger partial charge in [0.15, 0.2) is 0 Å². The predicted molar refractivity (Wildman–Crippen MR) is 182 cm³/mol. The Hall–Kier alpha value is -3.57. The van der Waals surface area contributed by atoms with Gasteiger partial charge in [-0.3, -0.25) is 9.59 Å². The number of hydrogen-bond acceptors (Lipinski definition) is 8. The van der Waals surface area contributed by atoms with Gasteiger partial charge in [0.1, 0.15) is 29.3 Å². The molecule has 0 fully saturated rings. The van der Waals surface area contributed by atoms with Gasteiger partial charge in [0.2, 0.25) is 11.8 Å². The summed E-state index contributed by atoms with van der Waals surface area (Å²) < 4.78 is 11.1. The van der Waals surface area contributed by atoms with Gasteiger partial charge in [0, 0.05) is 13.0 Å². The number of amides is 3. The van der Waals surface area contributed by atoms with E-state index < -0.39 is 59.8 Å². The molecule has 254 valence electrons. The SMILES string of the molecule is CSCCC(NC(=O)OC(C)(C)C)C(=O)N(CCO)C(C(=O)NC(Cc1ccccc1)C(=O)OC(C)(C)C)c1ccc(C)c(C)c1. The lowest BCUT2D eigenvalue weighted by Gasteiger charge is -2.35. The van der Waals surface area contributed by atoms with Crippen molar-refractivity contribution in [2.24, 2.45) is 0 Å². The number of esters is 1. The number of rotatable bonds is 14. The van der Waals surface area contributed by atoms with Crippen molar-refractivity contribution >= 4 is 35.6 Å². The standard InChI is InChI=1S/C35H51N3O7S/c1-23-15-16-26(21-24(23)2)29(30(40)36-28(32(42)44-34(3,4)5)22-25-13-11-10-12-14-25)38(18-19-39)31(41)27(17-20-46-9)37-33(43)45-35(6,7)8/h10-16,21,27-29,39H,17-20,22H2,1-9H3,(H,36,40)(H,37,43). The van der Waals surface area contributed by atoms with Crippen molar-refractivity contribution in [2.45, 2.75) is 97.6 Å². The number of benzene rings is 2. The fraction of sp³-hybridized carbons (Fsp3) is 0.543. The van der Waals surface area contributed by atoms with Crippen LogP contribution in [0.2, 0.25) is 0 Å². The van der Waals surface area contributed by atoms with E-state index in [1.54, 1.807) is 47.6 Å². The van der Waals surface area contributed by atoms with Gasteiger partial charge in [-0.25, -0.2) is 9.59 Å². The van der Waals surface area contributed by atoms with Crippen molar-refractivity contribution in [2.75, 3.05) is 25.2 Å². The first kappa shape index (κ1) is 38.6. The number of nitrogens with zero attached hydrogens (tertiary/aromatic N) is 1. The van der Waals surface area contributed by atoms with Crippen LogP contribution in [0, 0.1) is 13.8 Å². The molecule has 46 heavy (non-hydrogen) atoms. The smallest absolute Gasteiger partial charge is 0.408 e. The van der Waals surface area contributed by atoms with E-state index in [2.05, 4.69) is 10.6 Å². The second kappa shape index (κ2) is 17.4. The van der Waals surface area contributed by atoms with Crippen LogP contribution in [0.25, 0.3) is 0 Å². The molecule has 3 N–H and O–H groups in total. The number of thioether (sulfide) groups is 1. The lowest BCUT2D eigenvalue weighted by Crippen LogP contribution is -2.55. The average Bonchev–Trinajstić information content (AvgIpc) is 2.94. The van der Waals surface area contributed by atoms with Crippen LogP contribution in [0.5, 0.6) is 0 Å². The molecule has 3 atom stereocenters. The van der Waals surface area contributed by atoms with Crippen LogP contribution in [0.3, 0.4) is 0 Å². The monoisotopic (exact) mass is 657 g/mol. The molecule has 10 nitrogen and oxygen atoms in total. The van der Waals surface area contributed by atoms with Crippen molar-refractivity contribution in [1.29, 1.82) is 0 Å². The Labute approximate surface area is 278 Å². The number of ether oxygens (including phenoxy) is 2. The van der Waals surface area contributed by atoms with E-state index in [0.29, 0.717) is 11.3 Å². The molecule has 11 heteroatoms. The van der Waals surface area contributed by atoms with E-state index in [9.17, 15) is 24.3 Å². The van der Waals surface area contributed by atoms with Gasteiger partial charge in [-0.2, -0.15) is 11.8 Å². The molecule has 0 bridgehead atoms. The Morgan fingerprint density at radius 2 is 1.50 bits per heavy atom. The summed E-state index contributed by atoms with van der Waals surface area (Å²) in [6.07, 6.45) is 1.54. The van der Waals surface area contributed by atoms with Crippen molar-refractivity contribution in [3.05, 3.63) is 70.8 Å². The van der Waals surface area contributed by atoms with Crippen LogP contribution in [-0.4, -0.2) is 82.3 Å². The van der Waals surface area contributed by atoms with E-state index in [0.717, 1.165) is 16.7 Å². The van der Waals surface area contributed by atoms with Gasteiger partial charge < -0.3 is 30.1 Å². The minimum absolute atomic E-state index is 0.158. The van der Waals surface area contributed by atoms with Crippen molar-refractivity contribution in [1.82, 2.24) is 15.5 Å². The highest BCUT2D eigenvalue weighted by molar-refractivity contribution is 7.98. The number of aliphatic hydroxyl groups excluding tert-OH is 1. The quantitative estimate of drug-likeness (QED) is 0.245. The molecule has 0 aromatic heterocycles. The second-order valence-corrected chi connectivity index (χ2v) is 14.3. The second-order valence-electron chi connectivity index (χ2n) is 13.3. The largest absolute Gasteiger partial charge is 0.458 e. The highest BCUT2D eigenvalue weighted by atomic mass is 32.2. The van der Waals surface area contributed by atoms with E-state index in [1.807, 2.05) is 62.6 Å². The molecule has 2 aromatic rings. The maximum Gasteiger partial charge on any atom is 0.408 e. The number of alkyl carbamates (subject to hydrolysis) is 1. The van der Waals surface area contributed by atoms with Crippen molar-refractivity contribution in [3.63, 3.8) is 0 Å². The summed E-state index contributed by atoms with van der Waals surface area (Å²) in [5.74, 6) is -1.27. The fourth-order valence-electron chi connectivity index (χ4n) is 4.69. The molecule has 0 spiro atoms. The third-order valence-electron chi connectivity index (χ3n) is 6.92. The zero-order valence-electron chi connectivity index (χ0n) is 28.6. The summed E-state index contributed by atoms with van der Waals surface area (Å²) in [6.45, 7) is 13.6. The number of nitrogens with one attached hydrogen (secondary N) is 2. The summed E-state index contributed by atoms with van der Waals surface area (Å²) in [6, 6.07) is 11.3. The zero-order valence-corrected chi connectivity index (χ0v) is 29.5. The number of hydrogen-bond donors (Lipinski definition) is 3. The Kier molecular flexibility index (Phi) is 14.6. The maximum atomic E-state index is 14.4. The van der Waals surface area contributed by atoms with Crippen LogP contribution in [0.1, 0.15) is 76.3 Å². The van der Waals surface area contributed by atoms with Gasteiger partial charge in [0.25, 0.3) is 0 Å². The van der Waals surface area contributed by atoms with E-state index in [4.69, 9.17) is 9.47 Å². The molecular weight excluding hydrogens is 606 g/mol. The molecule has 0 saturated heterocycles. The highest BCUT2D eigenvalue weighted by Crippen LogP contribution is 2.26. The Balaban J connectivity index is 2.60. The van der Waals surface area contributed by atoms with Crippen molar-refractivity contribution < 1.29 is 33.8 Å². The maximum absolute atomic E-state index is 14.4. The van der Waals surface area contributed by atoms with E-state index in [1.165, 1.54) is 16.7 Å². The first-order valence-corrected chi connectivity index (χ1v) is 16.9. The molecule has 3 unspecified atom stereocenters. The number of carbonyl (C=O) groups excluding carboxylic acids is 4. The van der Waals surface area contributed by atoms with Crippen molar-refractivity contribution in [3.8, 4) is 0 Å². The average molecular weight is 658 g/mol. The lowest BCUT2D eigenvalue weighted by atomic mass is 9.97. The summed E-state index contributed by atoms with van der Waals surface area (Å²) in [5.41, 5.74) is 1.59. The minimum atomic E-state index is -1.24. The van der Waals surface area contributed by atoms with E-state index in [-0.39, 0.29) is 19.4 Å². The van der Waals surface area contributed by atoms with Crippen LogP contribution in [-0.2, 0) is 30.3 Å². The first-order valence-electron chi connectivity index (χ1n) is 15.5. The molecule has 3 amide bonds. The van der Waals surface area contributed by atoms with Crippen LogP contribution < -0.4 is 10.6 Å². The Morgan fingerprint density at radius 1 is 0.870 bits per heavy atom. The number of aryl methyl sites for hydroxylation is 2. The molecule has 0 aliphatic heterocycles. The Bertz CT molecular complexity index is 1320. The fourth-order valence-corrected chi connectivity index (χ4v) is 5.16. The summed E-state index contributed by atoms with van der Waals surface area (Å²) in [7, 11) is 0. The van der Waals surface area contributed by atoms with Gasteiger partial charge in [-0.15, -0.1) is 0 Å². The first-order chi connectivity index (χ1) is 21.5. The molecule has 0 heterocycles. The molecular formula is C35H51N3O7S. The number of aliphatic hydroxyl groups is 1. The lowest BCUT2D eigenvalue weighted by molar-refractivity contribution is -0.159. The molecule has 2 aromatic carbocycles. The third-order valence-corrected chi connectivity index (χ3v) is 7.56. The topological polar surface area (TPSA) is 134 Å². The van der Waals surface area contributed by atoms with Gasteiger partial charge in [-0.05, 0) is 96.1 Å². The Morgan fingerprint density at radius 3 is 2.04 bits per heavy atom. The predicted octanol–water partition coefficient (Wildman–Crippen LogP) is 4.88. The number of carbonyl (C=O) groups is 4. The highest BCUT2D eigenvalue weighted by Gasteiger charge is 2.38. The minimum Gasteiger partial charge on any atom is -0.458 e. The normalized spacial score (nSPS) is 13.6. The van der Waals surface area contributed by atoms with Crippen LogP contribution in [0.4, 0.5) is 4.79 Å². The van der Waals surface area contributed by atoms with Gasteiger partial charge in [-0.1, -0.05) is 48.5 Å². The van der Waals surface area contributed by atoms with Crippen LogP contribution >= 0.6 is 11.8 Å². The molecule has 0 aliphatic carbocycles.